The number of amides is 2. The summed E-state index contributed by atoms with van der Waals surface area (Å²) in [4.78, 5) is 35.7. The Morgan fingerprint density at radius 3 is 2.44 bits per heavy atom. The van der Waals surface area contributed by atoms with Crippen LogP contribution in [0.15, 0.2) is 29.2 Å². The first-order chi connectivity index (χ1) is 15.1. The molecular formula is C21H23N5O4S2. The van der Waals surface area contributed by atoms with Crippen LogP contribution in [0.25, 0.3) is 10.2 Å². The van der Waals surface area contributed by atoms with Gasteiger partial charge in [-0.25, -0.2) is 22.7 Å². The highest BCUT2D eigenvalue weighted by Gasteiger charge is 2.28. The lowest BCUT2D eigenvalue weighted by Gasteiger charge is -2.12. The molecule has 0 bridgehead atoms. The third kappa shape index (κ3) is 4.10. The van der Waals surface area contributed by atoms with Gasteiger partial charge in [-0.1, -0.05) is 6.07 Å². The summed E-state index contributed by atoms with van der Waals surface area (Å²) in [5.74, 6) is 0.136. The van der Waals surface area contributed by atoms with Gasteiger partial charge in [0, 0.05) is 31.0 Å². The zero-order valence-corrected chi connectivity index (χ0v) is 19.7. The Labute approximate surface area is 189 Å². The van der Waals surface area contributed by atoms with Crippen LogP contribution in [0, 0.1) is 13.8 Å². The number of nitrogens with zero attached hydrogens (tertiary/aromatic N) is 3. The molecule has 0 saturated heterocycles. The molecule has 0 atom stereocenters. The van der Waals surface area contributed by atoms with Crippen molar-refractivity contribution >= 4 is 43.4 Å². The second-order valence-electron chi connectivity index (χ2n) is 7.90. The number of benzene rings is 1. The van der Waals surface area contributed by atoms with Crippen molar-refractivity contribution in [3.05, 3.63) is 51.8 Å². The van der Waals surface area contributed by atoms with Crippen LogP contribution in [-0.2, 0) is 10.0 Å². The minimum absolute atomic E-state index is 0.0117. The lowest BCUT2D eigenvalue weighted by Crippen LogP contribution is -2.41. The number of hydrogen-bond donors (Lipinski definition) is 2. The molecule has 32 heavy (non-hydrogen) atoms. The Kier molecular flexibility index (Phi) is 5.74. The molecule has 2 amide bonds. The van der Waals surface area contributed by atoms with Crippen molar-refractivity contribution in [1.29, 1.82) is 0 Å². The Balaban J connectivity index is 1.52. The fourth-order valence-electron chi connectivity index (χ4n) is 3.35. The van der Waals surface area contributed by atoms with E-state index >= 15 is 0 Å². The van der Waals surface area contributed by atoms with E-state index in [1.54, 1.807) is 0 Å². The predicted octanol–water partition coefficient (Wildman–Crippen LogP) is 2.51. The second kappa shape index (κ2) is 8.23. The van der Waals surface area contributed by atoms with Gasteiger partial charge < -0.3 is 0 Å². The summed E-state index contributed by atoms with van der Waals surface area (Å²) >= 11 is 1.26. The van der Waals surface area contributed by atoms with Gasteiger partial charge in [0.05, 0.1) is 15.5 Å². The van der Waals surface area contributed by atoms with Gasteiger partial charge in [0.1, 0.15) is 10.7 Å². The Hall–Kier alpha value is -2.89. The van der Waals surface area contributed by atoms with Gasteiger partial charge in [0.25, 0.3) is 11.8 Å². The maximum absolute atomic E-state index is 12.8. The third-order valence-electron chi connectivity index (χ3n) is 5.30. The zero-order valence-electron chi connectivity index (χ0n) is 18.1. The van der Waals surface area contributed by atoms with E-state index in [1.165, 1.54) is 49.7 Å². The van der Waals surface area contributed by atoms with Crippen LogP contribution in [0.3, 0.4) is 0 Å². The number of rotatable bonds is 5. The Morgan fingerprint density at radius 1 is 1.09 bits per heavy atom. The van der Waals surface area contributed by atoms with E-state index in [2.05, 4.69) is 20.8 Å². The molecule has 9 nitrogen and oxygen atoms in total. The van der Waals surface area contributed by atoms with Crippen LogP contribution >= 0.6 is 11.3 Å². The van der Waals surface area contributed by atoms with Crippen LogP contribution in [0.5, 0.6) is 0 Å². The van der Waals surface area contributed by atoms with Crippen molar-refractivity contribution in [3.8, 4) is 0 Å². The first-order valence-corrected chi connectivity index (χ1v) is 12.3. The average Bonchev–Trinajstić information content (AvgIpc) is 3.55. The first-order valence-electron chi connectivity index (χ1n) is 10.0. The molecule has 11 heteroatoms. The number of hydrazine groups is 1. The number of sulfonamides is 1. The van der Waals surface area contributed by atoms with Crippen LogP contribution in [0.4, 0.5) is 0 Å². The molecule has 168 valence electrons. The Morgan fingerprint density at radius 2 is 1.78 bits per heavy atom. The van der Waals surface area contributed by atoms with Gasteiger partial charge in [-0.3, -0.25) is 20.4 Å². The number of hydrogen-bond acceptors (Lipinski definition) is 7. The topological polar surface area (TPSA) is 121 Å². The van der Waals surface area contributed by atoms with Gasteiger partial charge in [-0.2, -0.15) is 0 Å². The summed E-state index contributed by atoms with van der Waals surface area (Å²) in [6.07, 6.45) is 2.18. The Bertz CT molecular complexity index is 1340. The number of nitrogens with one attached hydrogen (secondary N) is 2. The number of thiophene rings is 1. The van der Waals surface area contributed by atoms with Gasteiger partial charge in [0.2, 0.25) is 10.0 Å². The van der Waals surface area contributed by atoms with E-state index in [0.29, 0.717) is 10.8 Å². The lowest BCUT2D eigenvalue weighted by molar-refractivity contribution is 0.0848. The van der Waals surface area contributed by atoms with Gasteiger partial charge in [0.15, 0.2) is 0 Å². The van der Waals surface area contributed by atoms with Crippen molar-refractivity contribution in [1.82, 2.24) is 25.1 Å². The molecule has 3 aromatic rings. The molecule has 1 aliphatic carbocycles. The standard InChI is InChI=1S/C21H23N5O4S2/c1-11-16-12(2)22-18(13-8-9-13)23-21(16)31-17(11)20(28)25-24-19(27)14-6-5-7-15(10-14)32(29,30)26(3)4/h5-7,10,13H,8-9H2,1-4H3,(H,24,27)(H,25,28). The molecule has 1 saturated carbocycles. The van der Waals surface area contributed by atoms with E-state index in [4.69, 9.17) is 0 Å². The van der Waals surface area contributed by atoms with E-state index in [-0.39, 0.29) is 10.5 Å². The molecule has 0 unspecified atom stereocenters. The highest BCUT2D eigenvalue weighted by molar-refractivity contribution is 7.89. The second-order valence-corrected chi connectivity index (χ2v) is 11.1. The molecule has 2 N–H and O–H groups in total. The van der Waals surface area contributed by atoms with Gasteiger partial charge in [-0.05, 0) is 50.5 Å². The number of fused-ring (bicyclic) bond motifs is 1. The highest BCUT2D eigenvalue weighted by atomic mass is 32.2. The van der Waals surface area contributed by atoms with Crippen molar-refractivity contribution in [2.24, 2.45) is 0 Å². The smallest absolute Gasteiger partial charge is 0.267 e. The van der Waals surface area contributed by atoms with Crippen molar-refractivity contribution < 1.29 is 18.0 Å². The summed E-state index contributed by atoms with van der Waals surface area (Å²) in [6, 6.07) is 5.62. The maximum atomic E-state index is 12.8. The molecule has 2 aromatic heterocycles. The van der Waals surface area contributed by atoms with Crippen molar-refractivity contribution in [2.75, 3.05) is 14.1 Å². The molecule has 2 heterocycles. The predicted molar refractivity (Wildman–Crippen MR) is 121 cm³/mol. The first kappa shape index (κ1) is 22.3. The maximum Gasteiger partial charge on any atom is 0.280 e. The van der Waals surface area contributed by atoms with Crippen LogP contribution in [0.1, 0.15) is 55.9 Å². The summed E-state index contributed by atoms with van der Waals surface area (Å²) in [6.45, 7) is 3.74. The number of aromatic nitrogens is 2. The molecule has 1 fully saturated rings. The van der Waals surface area contributed by atoms with E-state index < -0.39 is 21.8 Å². The summed E-state index contributed by atoms with van der Waals surface area (Å²) in [5.41, 5.74) is 6.48. The van der Waals surface area contributed by atoms with Crippen LogP contribution in [-0.4, -0.2) is 48.6 Å². The minimum Gasteiger partial charge on any atom is -0.267 e. The van der Waals surface area contributed by atoms with E-state index in [9.17, 15) is 18.0 Å². The number of carbonyl (C=O) groups excluding carboxylic acids is 2. The highest BCUT2D eigenvalue weighted by Crippen LogP contribution is 2.40. The van der Waals surface area contributed by atoms with Crippen LogP contribution < -0.4 is 10.9 Å². The molecule has 0 aliphatic heterocycles. The fraction of sp³-hybridized carbons (Fsp3) is 0.333. The fourth-order valence-corrected chi connectivity index (χ4v) is 5.43. The van der Waals surface area contributed by atoms with E-state index in [0.717, 1.165) is 44.4 Å². The largest absolute Gasteiger partial charge is 0.280 e. The summed E-state index contributed by atoms with van der Waals surface area (Å²) < 4.78 is 25.7. The SMILES string of the molecule is Cc1nc(C2CC2)nc2sc(C(=O)NNC(=O)c3cccc(S(=O)(=O)N(C)C)c3)c(C)c12. The van der Waals surface area contributed by atoms with Gasteiger partial charge in [-0.15, -0.1) is 11.3 Å². The average molecular weight is 474 g/mol. The molecule has 1 aliphatic rings. The molecule has 1 aromatic carbocycles. The van der Waals surface area contributed by atoms with Crippen molar-refractivity contribution in [2.45, 2.75) is 37.5 Å². The normalized spacial score (nSPS) is 14.0. The third-order valence-corrected chi connectivity index (χ3v) is 8.30. The van der Waals surface area contributed by atoms with E-state index in [1.807, 2.05) is 13.8 Å². The molecule has 0 radical (unpaired) electrons. The number of aryl methyl sites for hydroxylation is 2. The molecular weight excluding hydrogens is 450 g/mol. The number of carbonyl (C=O) groups is 2. The van der Waals surface area contributed by atoms with Gasteiger partial charge >= 0.3 is 0 Å². The van der Waals surface area contributed by atoms with Crippen LogP contribution in [0.2, 0.25) is 0 Å². The molecule has 4 rings (SSSR count). The monoisotopic (exact) mass is 473 g/mol. The summed E-state index contributed by atoms with van der Waals surface area (Å²) in [7, 11) is -0.858. The minimum atomic E-state index is -3.68. The summed E-state index contributed by atoms with van der Waals surface area (Å²) in [5, 5.41) is 0.859. The lowest BCUT2D eigenvalue weighted by atomic mass is 10.1. The van der Waals surface area contributed by atoms with Crippen molar-refractivity contribution in [3.63, 3.8) is 0 Å². The quantitative estimate of drug-likeness (QED) is 0.549. The molecule has 0 spiro atoms. The zero-order chi connectivity index (χ0) is 23.2.